The summed E-state index contributed by atoms with van der Waals surface area (Å²) < 4.78 is 1.61. The van der Waals surface area contributed by atoms with E-state index in [9.17, 15) is 4.79 Å². The first kappa shape index (κ1) is 13.0. The molecule has 0 radical (unpaired) electrons. The van der Waals surface area contributed by atoms with E-state index in [1.54, 1.807) is 15.6 Å². The van der Waals surface area contributed by atoms with Crippen LogP contribution in [-0.4, -0.2) is 43.5 Å². The number of hydrogen-bond donors (Lipinski definition) is 0. The van der Waals surface area contributed by atoms with E-state index >= 15 is 0 Å². The molecule has 0 N–H and O–H groups in total. The molecule has 2 aromatic heterocycles. The maximum atomic E-state index is 12.5. The quantitative estimate of drug-likeness (QED) is 0.837. The SMILES string of the molecule is Cc1ccnc2nc(C(=O)N(C)C3CCCCC3)nn12. The molecular weight excluding hydrogens is 254 g/mol. The van der Waals surface area contributed by atoms with Gasteiger partial charge in [-0.3, -0.25) is 4.79 Å². The van der Waals surface area contributed by atoms with Gasteiger partial charge in [0.25, 0.3) is 11.7 Å². The largest absolute Gasteiger partial charge is 0.336 e. The molecule has 6 nitrogen and oxygen atoms in total. The van der Waals surface area contributed by atoms with E-state index in [1.807, 2.05) is 20.0 Å². The predicted molar refractivity (Wildman–Crippen MR) is 74.5 cm³/mol. The van der Waals surface area contributed by atoms with Gasteiger partial charge in [-0.25, -0.2) is 9.50 Å². The summed E-state index contributed by atoms with van der Waals surface area (Å²) in [6.45, 7) is 1.92. The summed E-state index contributed by atoms with van der Waals surface area (Å²) in [6, 6.07) is 2.16. The first-order valence-electron chi connectivity index (χ1n) is 7.12. The lowest BCUT2D eigenvalue weighted by molar-refractivity contribution is 0.0684. The van der Waals surface area contributed by atoms with Crippen molar-refractivity contribution in [1.82, 2.24) is 24.5 Å². The molecule has 0 aromatic carbocycles. The minimum absolute atomic E-state index is 0.109. The summed E-state index contributed by atoms with van der Waals surface area (Å²) in [5.74, 6) is 0.604. The lowest BCUT2D eigenvalue weighted by Crippen LogP contribution is -2.38. The monoisotopic (exact) mass is 273 g/mol. The van der Waals surface area contributed by atoms with Crippen LogP contribution < -0.4 is 0 Å². The van der Waals surface area contributed by atoms with Crippen LogP contribution in [0, 0.1) is 6.92 Å². The molecule has 1 amide bonds. The molecule has 6 heteroatoms. The molecule has 0 spiro atoms. The van der Waals surface area contributed by atoms with E-state index in [2.05, 4.69) is 15.1 Å². The predicted octanol–water partition coefficient (Wildman–Crippen LogP) is 1.84. The number of hydrogen-bond acceptors (Lipinski definition) is 4. The topological polar surface area (TPSA) is 63.4 Å². The summed E-state index contributed by atoms with van der Waals surface area (Å²) in [5.41, 5.74) is 0.918. The van der Waals surface area contributed by atoms with Crippen molar-refractivity contribution in [2.45, 2.75) is 45.1 Å². The standard InChI is InChI=1S/C14H19N5O/c1-10-8-9-15-14-16-12(17-19(10)14)13(20)18(2)11-6-4-3-5-7-11/h8-9,11H,3-7H2,1-2H3. The van der Waals surface area contributed by atoms with Crippen molar-refractivity contribution in [3.8, 4) is 0 Å². The molecule has 2 heterocycles. The number of carbonyl (C=O) groups is 1. The van der Waals surface area contributed by atoms with Crippen molar-refractivity contribution in [2.24, 2.45) is 0 Å². The number of aryl methyl sites for hydroxylation is 1. The van der Waals surface area contributed by atoms with Gasteiger partial charge in [0.05, 0.1) is 0 Å². The molecule has 2 aromatic rings. The highest BCUT2D eigenvalue weighted by Crippen LogP contribution is 2.22. The van der Waals surface area contributed by atoms with Crippen molar-refractivity contribution in [2.75, 3.05) is 7.05 Å². The Morgan fingerprint density at radius 3 is 2.80 bits per heavy atom. The zero-order chi connectivity index (χ0) is 14.1. The molecule has 1 aliphatic rings. The smallest absolute Gasteiger partial charge is 0.293 e. The van der Waals surface area contributed by atoms with Gasteiger partial charge >= 0.3 is 0 Å². The second-order valence-corrected chi connectivity index (χ2v) is 5.44. The molecule has 0 bridgehead atoms. The Kier molecular flexibility index (Phi) is 3.38. The van der Waals surface area contributed by atoms with E-state index < -0.39 is 0 Å². The van der Waals surface area contributed by atoms with Crippen molar-refractivity contribution < 1.29 is 4.79 Å². The fourth-order valence-electron chi connectivity index (χ4n) is 2.79. The van der Waals surface area contributed by atoms with Crippen LogP contribution in [0.25, 0.3) is 5.78 Å². The van der Waals surface area contributed by atoms with E-state index in [0.717, 1.165) is 18.5 Å². The first-order chi connectivity index (χ1) is 9.66. The average Bonchev–Trinajstić information content (AvgIpc) is 2.92. The molecule has 3 rings (SSSR count). The van der Waals surface area contributed by atoms with Gasteiger partial charge in [0.15, 0.2) is 0 Å². The highest BCUT2D eigenvalue weighted by atomic mass is 16.2. The van der Waals surface area contributed by atoms with Gasteiger partial charge in [0.1, 0.15) is 0 Å². The van der Waals surface area contributed by atoms with Crippen LogP contribution in [0.3, 0.4) is 0 Å². The number of rotatable bonds is 2. The van der Waals surface area contributed by atoms with E-state index in [-0.39, 0.29) is 11.7 Å². The normalized spacial score (nSPS) is 16.5. The molecule has 1 saturated carbocycles. The second-order valence-electron chi connectivity index (χ2n) is 5.44. The third-order valence-electron chi connectivity index (χ3n) is 4.06. The van der Waals surface area contributed by atoms with Crippen LogP contribution >= 0.6 is 0 Å². The fraction of sp³-hybridized carbons (Fsp3) is 0.571. The Morgan fingerprint density at radius 2 is 2.10 bits per heavy atom. The van der Waals surface area contributed by atoms with Gasteiger partial charge in [-0.15, -0.1) is 5.10 Å². The van der Waals surface area contributed by atoms with Gasteiger partial charge < -0.3 is 4.90 Å². The van der Waals surface area contributed by atoms with Crippen molar-refractivity contribution in [3.63, 3.8) is 0 Å². The summed E-state index contributed by atoms with van der Waals surface area (Å²) in [4.78, 5) is 22.7. The summed E-state index contributed by atoms with van der Waals surface area (Å²) in [5, 5.41) is 4.28. The van der Waals surface area contributed by atoms with E-state index in [1.165, 1.54) is 19.3 Å². The van der Waals surface area contributed by atoms with Crippen molar-refractivity contribution in [3.05, 3.63) is 23.8 Å². The molecule has 0 saturated heterocycles. The Morgan fingerprint density at radius 1 is 1.35 bits per heavy atom. The maximum Gasteiger partial charge on any atom is 0.293 e. The van der Waals surface area contributed by atoms with Crippen LogP contribution in [0.1, 0.15) is 48.4 Å². The van der Waals surface area contributed by atoms with Gasteiger partial charge in [-0.1, -0.05) is 19.3 Å². The Bertz CT molecular complexity index is 630. The highest BCUT2D eigenvalue weighted by molar-refractivity contribution is 5.90. The summed E-state index contributed by atoms with van der Waals surface area (Å²) in [6.07, 6.45) is 7.50. The molecule has 1 fully saturated rings. The third-order valence-corrected chi connectivity index (χ3v) is 4.06. The number of carbonyl (C=O) groups excluding carboxylic acids is 1. The summed E-state index contributed by atoms with van der Waals surface area (Å²) >= 11 is 0. The Balaban J connectivity index is 1.86. The minimum Gasteiger partial charge on any atom is -0.336 e. The second kappa shape index (κ2) is 5.19. The average molecular weight is 273 g/mol. The van der Waals surface area contributed by atoms with Gasteiger partial charge in [-0.05, 0) is 25.8 Å². The molecule has 0 aliphatic heterocycles. The molecule has 1 aliphatic carbocycles. The van der Waals surface area contributed by atoms with Gasteiger partial charge in [-0.2, -0.15) is 4.98 Å². The van der Waals surface area contributed by atoms with Crippen LogP contribution in [0.5, 0.6) is 0 Å². The molecule has 106 valence electrons. The van der Waals surface area contributed by atoms with Crippen LogP contribution in [0.15, 0.2) is 12.3 Å². The number of fused-ring (bicyclic) bond motifs is 1. The summed E-state index contributed by atoms with van der Waals surface area (Å²) in [7, 11) is 1.85. The number of aromatic nitrogens is 4. The minimum atomic E-state index is -0.109. The highest BCUT2D eigenvalue weighted by Gasteiger charge is 2.25. The zero-order valence-electron chi connectivity index (χ0n) is 11.9. The van der Waals surface area contributed by atoms with E-state index in [4.69, 9.17) is 0 Å². The molecule has 0 atom stereocenters. The third kappa shape index (κ3) is 2.26. The van der Waals surface area contributed by atoms with E-state index in [0.29, 0.717) is 11.8 Å². The Hall–Kier alpha value is -1.98. The lowest BCUT2D eigenvalue weighted by atomic mass is 9.94. The Labute approximate surface area is 117 Å². The lowest BCUT2D eigenvalue weighted by Gasteiger charge is -2.30. The van der Waals surface area contributed by atoms with Gasteiger partial charge in [0, 0.05) is 25.0 Å². The van der Waals surface area contributed by atoms with Crippen molar-refractivity contribution >= 4 is 11.7 Å². The van der Waals surface area contributed by atoms with Crippen molar-refractivity contribution in [1.29, 1.82) is 0 Å². The molecular formula is C14H19N5O. The number of amides is 1. The van der Waals surface area contributed by atoms with Crippen LogP contribution in [-0.2, 0) is 0 Å². The zero-order valence-corrected chi connectivity index (χ0v) is 11.9. The number of nitrogens with zero attached hydrogens (tertiary/aromatic N) is 5. The van der Waals surface area contributed by atoms with Crippen LogP contribution in [0.4, 0.5) is 0 Å². The van der Waals surface area contributed by atoms with Crippen LogP contribution in [0.2, 0.25) is 0 Å². The van der Waals surface area contributed by atoms with Gasteiger partial charge in [0.2, 0.25) is 5.82 Å². The molecule has 20 heavy (non-hydrogen) atoms. The maximum absolute atomic E-state index is 12.5. The molecule has 0 unspecified atom stereocenters. The fourth-order valence-corrected chi connectivity index (χ4v) is 2.79. The first-order valence-corrected chi connectivity index (χ1v) is 7.12.